The van der Waals surface area contributed by atoms with Crippen LogP contribution in [0.25, 0.3) is 0 Å². The third-order valence-corrected chi connectivity index (χ3v) is 3.36. The van der Waals surface area contributed by atoms with E-state index in [1.807, 2.05) is 6.92 Å². The molecule has 0 aromatic rings. The summed E-state index contributed by atoms with van der Waals surface area (Å²) in [7, 11) is 0. The highest BCUT2D eigenvalue weighted by Gasteiger charge is 2.38. The van der Waals surface area contributed by atoms with E-state index in [4.69, 9.17) is 15.3 Å². The summed E-state index contributed by atoms with van der Waals surface area (Å²) in [6, 6.07) is -0.334. The fourth-order valence-corrected chi connectivity index (χ4v) is 2.40. The van der Waals surface area contributed by atoms with Gasteiger partial charge in [-0.25, -0.2) is 0 Å². The summed E-state index contributed by atoms with van der Waals surface area (Å²) in [4.78, 5) is 28.1. The van der Waals surface area contributed by atoms with Crippen molar-refractivity contribution in [2.75, 3.05) is 0 Å². The first-order valence-electron chi connectivity index (χ1n) is 5.96. The van der Waals surface area contributed by atoms with E-state index in [1.165, 1.54) is 0 Å². The van der Waals surface area contributed by atoms with Crippen LogP contribution in [0.15, 0.2) is 0 Å². The van der Waals surface area contributed by atoms with Crippen molar-refractivity contribution in [1.29, 1.82) is 0 Å². The van der Waals surface area contributed by atoms with Crippen molar-refractivity contribution in [3.8, 4) is 0 Å². The molecule has 1 rings (SSSR count). The lowest BCUT2D eigenvalue weighted by atomic mass is 9.54. The summed E-state index contributed by atoms with van der Waals surface area (Å²) in [5.74, 6) is 0.293. The van der Waals surface area contributed by atoms with Crippen LogP contribution in [0.3, 0.4) is 0 Å². The van der Waals surface area contributed by atoms with Crippen LogP contribution in [0.2, 0.25) is 12.6 Å². The number of carbonyl (C=O) groups is 1. The molecule has 3 atom stereocenters. The van der Waals surface area contributed by atoms with E-state index < -0.39 is 0 Å². The maximum atomic E-state index is 11.9. The van der Waals surface area contributed by atoms with Gasteiger partial charge in [0.25, 0.3) is 6.92 Å². The van der Waals surface area contributed by atoms with Crippen LogP contribution in [0.4, 0.5) is 0 Å². The van der Waals surface area contributed by atoms with Gasteiger partial charge in [-0.05, 0) is 18.7 Å². The average molecular weight is 241 g/mol. The predicted octanol–water partition coefficient (Wildman–Crippen LogP) is 0.493. The second-order valence-corrected chi connectivity index (χ2v) is 4.44. The maximum Gasteiger partial charge on any atom is 0.373 e. The minimum Gasteiger partial charge on any atom is -0.450 e. The minimum absolute atomic E-state index is 0.00458. The maximum absolute atomic E-state index is 11.9. The number of hydrogen-bond acceptors (Lipinski definition) is 5. The molecule has 0 bridgehead atoms. The zero-order chi connectivity index (χ0) is 13.4. The molecule has 1 aliphatic rings. The van der Waals surface area contributed by atoms with Crippen molar-refractivity contribution in [3.05, 3.63) is 0 Å². The monoisotopic (exact) mass is 241 g/mol. The van der Waals surface area contributed by atoms with Crippen LogP contribution in [-0.2, 0) is 14.4 Å². The third-order valence-electron chi connectivity index (χ3n) is 3.36. The Morgan fingerprint density at radius 3 is 2.47 bits per heavy atom. The van der Waals surface area contributed by atoms with Crippen LogP contribution >= 0.6 is 0 Å². The Labute approximate surface area is 102 Å². The Hall–Kier alpha value is -0.965. The highest BCUT2D eigenvalue weighted by Crippen LogP contribution is 2.39. The Kier molecular flexibility index (Phi) is 7.71. The number of Topliss-reactive ketones (excluding diaryl/α,β-unsaturated/α-hetero) is 1. The van der Waals surface area contributed by atoms with E-state index in [2.05, 4.69) is 0 Å². The van der Waals surface area contributed by atoms with Gasteiger partial charge in [-0.3, -0.25) is 4.79 Å². The van der Waals surface area contributed by atoms with Gasteiger partial charge in [0.1, 0.15) is 0 Å². The second-order valence-electron chi connectivity index (χ2n) is 4.44. The topological polar surface area (TPSA) is 97.5 Å². The van der Waals surface area contributed by atoms with E-state index >= 15 is 0 Å². The third kappa shape index (κ3) is 4.81. The highest BCUT2D eigenvalue weighted by atomic mass is 16.2. The molecule has 1 unspecified atom stereocenters. The molecule has 0 aromatic heterocycles. The van der Waals surface area contributed by atoms with E-state index in [1.54, 1.807) is 6.82 Å². The molecule has 0 aromatic carbocycles. The quantitative estimate of drug-likeness (QED) is 0.698. The van der Waals surface area contributed by atoms with Crippen molar-refractivity contribution in [1.82, 2.24) is 0 Å². The molecular weight excluding hydrogens is 221 g/mol. The molecule has 1 fully saturated rings. The average Bonchev–Trinajstić information content (AvgIpc) is 2.77. The molecule has 0 saturated heterocycles. The number of carbonyl (C=O) groups excluding carboxylic acids is 3. The zero-order valence-corrected chi connectivity index (χ0v) is 10.4. The highest BCUT2D eigenvalue weighted by molar-refractivity contribution is 6.51. The lowest BCUT2D eigenvalue weighted by molar-refractivity contribution is -0.191. The van der Waals surface area contributed by atoms with Gasteiger partial charge in [0.2, 0.25) is 0 Å². The molecule has 96 valence electrons. The normalized spacial score (nSPS) is 24.2. The molecule has 0 heterocycles. The van der Waals surface area contributed by atoms with E-state index in [-0.39, 0.29) is 36.6 Å². The molecule has 0 spiro atoms. The fraction of sp³-hybridized carbons (Fsp3) is 0.818. The van der Waals surface area contributed by atoms with Gasteiger partial charge in [-0.1, -0.05) is 26.6 Å². The van der Waals surface area contributed by atoms with Gasteiger partial charge in [0.15, 0.2) is 5.78 Å². The van der Waals surface area contributed by atoms with Gasteiger partial charge in [-0.2, -0.15) is 9.59 Å². The predicted molar refractivity (Wildman–Crippen MR) is 63.2 cm³/mol. The van der Waals surface area contributed by atoms with Crippen LogP contribution in [0, 0.1) is 5.92 Å². The number of hydrogen-bond donors (Lipinski definition) is 2. The first-order chi connectivity index (χ1) is 7.99. The van der Waals surface area contributed by atoms with Crippen molar-refractivity contribution < 1.29 is 19.4 Å². The van der Waals surface area contributed by atoms with Gasteiger partial charge in [0, 0.05) is 5.92 Å². The number of ketones is 1. The molecule has 17 heavy (non-hydrogen) atoms. The SMILES string of the molecule is CC[C@H](N)C(=O)C1CCC[C@H]1B(C)O.O=C=O. The Bertz CT molecular complexity index is 277. The Balaban J connectivity index is 0.000000770. The van der Waals surface area contributed by atoms with Crippen LogP contribution in [-0.4, -0.2) is 29.9 Å². The zero-order valence-electron chi connectivity index (χ0n) is 10.4. The molecule has 3 N–H and O–H groups in total. The van der Waals surface area contributed by atoms with Crippen molar-refractivity contribution in [2.24, 2.45) is 11.7 Å². The van der Waals surface area contributed by atoms with E-state index in [0.717, 1.165) is 19.3 Å². The van der Waals surface area contributed by atoms with Crippen molar-refractivity contribution in [3.63, 3.8) is 0 Å². The van der Waals surface area contributed by atoms with Gasteiger partial charge in [-0.15, -0.1) is 0 Å². The molecule has 1 aliphatic carbocycles. The summed E-state index contributed by atoms with van der Waals surface area (Å²) in [5.41, 5.74) is 5.73. The smallest absolute Gasteiger partial charge is 0.373 e. The first-order valence-corrected chi connectivity index (χ1v) is 5.96. The Morgan fingerprint density at radius 2 is 2.06 bits per heavy atom. The lowest BCUT2D eigenvalue weighted by Crippen LogP contribution is -2.37. The summed E-state index contributed by atoms with van der Waals surface area (Å²) in [5, 5.41) is 9.53. The molecule has 6 heteroatoms. The van der Waals surface area contributed by atoms with Crippen LogP contribution in [0.1, 0.15) is 32.6 Å². The number of rotatable bonds is 4. The van der Waals surface area contributed by atoms with Crippen molar-refractivity contribution in [2.45, 2.75) is 51.3 Å². The summed E-state index contributed by atoms with van der Waals surface area (Å²) in [6.45, 7) is 3.32. The van der Waals surface area contributed by atoms with Crippen molar-refractivity contribution >= 4 is 18.9 Å². The van der Waals surface area contributed by atoms with Crippen LogP contribution < -0.4 is 5.73 Å². The fourth-order valence-electron chi connectivity index (χ4n) is 2.40. The largest absolute Gasteiger partial charge is 0.450 e. The minimum atomic E-state index is -0.379. The molecule has 0 radical (unpaired) electrons. The molecule has 1 saturated carbocycles. The standard InChI is InChI=1S/C10H20BNO2.CO2/c1-3-9(12)10(13)7-5-4-6-8(7)11(2)14;2-1-3/h7-9,14H,3-6,12H2,1-2H3;/t7?,8-,9+;/m1./s1. The van der Waals surface area contributed by atoms with E-state index in [0.29, 0.717) is 6.42 Å². The first kappa shape index (κ1) is 16.0. The van der Waals surface area contributed by atoms with Gasteiger partial charge < -0.3 is 10.8 Å². The van der Waals surface area contributed by atoms with Gasteiger partial charge in [0.05, 0.1) is 6.04 Å². The van der Waals surface area contributed by atoms with Gasteiger partial charge >= 0.3 is 6.15 Å². The van der Waals surface area contributed by atoms with E-state index in [9.17, 15) is 9.82 Å². The molecule has 5 nitrogen and oxygen atoms in total. The van der Waals surface area contributed by atoms with Crippen LogP contribution in [0.5, 0.6) is 0 Å². The summed E-state index contributed by atoms with van der Waals surface area (Å²) in [6.07, 6.45) is 3.86. The number of nitrogens with two attached hydrogens (primary N) is 1. The lowest BCUT2D eigenvalue weighted by Gasteiger charge is -2.21. The summed E-state index contributed by atoms with van der Waals surface area (Å²) < 4.78 is 0. The molecule has 0 aliphatic heterocycles. The molecular formula is C11H20BNO4. The molecule has 0 amide bonds. The summed E-state index contributed by atoms with van der Waals surface area (Å²) >= 11 is 0. The second kappa shape index (κ2) is 8.17. The Morgan fingerprint density at radius 1 is 1.53 bits per heavy atom.